The van der Waals surface area contributed by atoms with Crippen molar-refractivity contribution in [1.29, 1.82) is 0 Å². The Hall–Kier alpha value is -0.160. The molecular weight excluding hydrogens is 160 g/mol. The van der Waals surface area contributed by atoms with E-state index in [4.69, 9.17) is 20.1 Å². The Morgan fingerprint density at radius 1 is 1.25 bits per heavy atom. The first kappa shape index (κ1) is 11.8. The van der Waals surface area contributed by atoms with E-state index >= 15 is 0 Å². The molecule has 0 rings (SSSR count). The molecule has 0 saturated carbocycles. The van der Waals surface area contributed by atoms with E-state index in [1.807, 2.05) is 6.92 Å². The van der Waals surface area contributed by atoms with Gasteiger partial charge < -0.3 is 20.1 Å². The van der Waals surface area contributed by atoms with Crippen molar-refractivity contribution in [1.82, 2.24) is 0 Å². The molecule has 0 heterocycles. The molecule has 0 fully saturated rings. The third kappa shape index (κ3) is 5.49. The van der Waals surface area contributed by atoms with Gasteiger partial charge in [0.25, 0.3) is 0 Å². The van der Waals surface area contributed by atoms with Gasteiger partial charge in [-0.25, -0.2) is 0 Å². The highest BCUT2D eigenvalue weighted by molar-refractivity contribution is 4.64. The molecular formula is C8H18O4. The van der Waals surface area contributed by atoms with Crippen molar-refractivity contribution in [3.05, 3.63) is 0 Å². The Morgan fingerprint density at radius 3 is 2.42 bits per heavy atom. The van der Waals surface area contributed by atoms with Gasteiger partial charge in [0.05, 0.1) is 13.2 Å². The van der Waals surface area contributed by atoms with E-state index in [0.29, 0.717) is 6.61 Å². The minimum absolute atomic E-state index is 0.0850. The monoisotopic (exact) mass is 178 g/mol. The number of ether oxygens (including phenoxy) is 1. The van der Waals surface area contributed by atoms with Gasteiger partial charge in [0.15, 0.2) is 0 Å². The normalized spacial score (nSPS) is 16.0. The lowest BCUT2D eigenvalue weighted by Crippen LogP contribution is -2.33. The summed E-state index contributed by atoms with van der Waals surface area (Å²) in [5, 5.41) is 26.4. The highest BCUT2D eigenvalue weighted by Crippen LogP contribution is 1.95. The molecule has 0 saturated heterocycles. The van der Waals surface area contributed by atoms with Gasteiger partial charge >= 0.3 is 0 Å². The molecule has 0 aromatic heterocycles. The second-order valence-corrected chi connectivity index (χ2v) is 2.75. The van der Waals surface area contributed by atoms with Crippen LogP contribution in [0.2, 0.25) is 0 Å². The van der Waals surface area contributed by atoms with Gasteiger partial charge in [0.1, 0.15) is 12.2 Å². The van der Waals surface area contributed by atoms with Crippen LogP contribution in [0.25, 0.3) is 0 Å². The van der Waals surface area contributed by atoms with E-state index in [1.165, 1.54) is 0 Å². The Kier molecular flexibility index (Phi) is 7.39. The smallest absolute Gasteiger partial charge is 0.105 e. The SMILES string of the molecule is CCCCOC[C@H](O)[C@H](O)CO. The van der Waals surface area contributed by atoms with E-state index < -0.39 is 18.8 Å². The quantitative estimate of drug-likeness (QED) is 0.460. The number of hydrogen-bond donors (Lipinski definition) is 3. The van der Waals surface area contributed by atoms with Gasteiger partial charge in [0, 0.05) is 6.61 Å². The maximum absolute atomic E-state index is 9.08. The Labute approximate surface area is 72.8 Å². The summed E-state index contributed by atoms with van der Waals surface area (Å²) in [5.41, 5.74) is 0. The fourth-order valence-electron chi connectivity index (χ4n) is 0.683. The largest absolute Gasteiger partial charge is 0.394 e. The van der Waals surface area contributed by atoms with Crippen molar-refractivity contribution < 1.29 is 20.1 Å². The van der Waals surface area contributed by atoms with Crippen LogP contribution < -0.4 is 0 Å². The zero-order chi connectivity index (χ0) is 9.40. The van der Waals surface area contributed by atoms with Crippen LogP contribution in [-0.4, -0.2) is 47.3 Å². The predicted molar refractivity (Wildman–Crippen MR) is 44.8 cm³/mol. The van der Waals surface area contributed by atoms with Gasteiger partial charge in [-0.2, -0.15) is 0 Å². The van der Waals surface area contributed by atoms with Gasteiger partial charge in [-0.05, 0) is 6.42 Å². The fourth-order valence-corrected chi connectivity index (χ4v) is 0.683. The molecule has 0 bridgehead atoms. The fraction of sp³-hybridized carbons (Fsp3) is 1.00. The third-order valence-corrected chi connectivity index (χ3v) is 1.56. The summed E-state index contributed by atoms with van der Waals surface area (Å²) in [6, 6.07) is 0. The zero-order valence-electron chi connectivity index (χ0n) is 7.44. The summed E-state index contributed by atoms with van der Waals surface area (Å²) in [5.74, 6) is 0. The molecule has 4 nitrogen and oxygen atoms in total. The summed E-state index contributed by atoms with van der Waals surface area (Å²) in [4.78, 5) is 0. The first-order valence-electron chi connectivity index (χ1n) is 4.27. The molecule has 0 radical (unpaired) electrons. The molecule has 0 aromatic carbocycles. The molecule has 3 N–H and O–H groups in total. The van der Waals surface area contributed by atoms with Crippen LogP contribution in [0.4, 0.5) is 0 Å². The Balaban J connectivity index is 3.24. The average molecular weight is 178 g/mol. The topological polar surface area (TPSA) is 69.9 Å². The van der Waals surface area contributed by atoms with Crippen LogP contribution >= 0.6 is 0 Å². The number of aliphatic hydroxyl groups excluding tert-OH is 3. The molecule has 2 atom stereocenters. The summed E-state index contributed by atoms with van der Waals surface area (Å²) >= 11 is 0. The van der Waals surface area contributed by atoms with Gasteiger partial charge in [-0.15, -0.1) is 0 Å². The summed E-state index contributed by atoms with van der Waals surface area (Å²) < 4.78 is 5.04. The molecule has 0 aliphatic rings. The van der Waals surface area contributed by atoms with Gasteiger partial charge in [-0.3, -0.25) is 0 Å². The van der Waals surface area contributed by atoms with E-state index in [1.54, 1.807) is 0 Å². The molecule has 74 valence electrons. The molecule has 0 aliphatic carbocycles. The summed E-state index contributed by atoms with van der Waals surface area (Å²) in [6.07, 6.45) is -0.0842. The zero-order valence-corrected chi connectivity index (χ0v) is 7.44. The Morgan fingerprint density at radius 2 is 1.92 bits per heavy atom. The molecule has 12 heavy (non-hydrogen) atoms. The second-order valence-electron chi connectivity index (χ2n) is 2.75. The van der Waals surface area contributed by atoms with Gasteiger partial charge in [-0.1, -0.05) is 13.3 Å². The lowest BCUT2D eigenvalue weighted by Gasteiger charge is -2.15. The average Bonchev–Trinajstić information content (AvgIpc) is 2.10. The first-order valence-corrected chi connectivity index (χ1v) is 4.27. The lowest BCUT2D eigenvalue weighted by molar-refractivity contribution is -0.0569. The maximum Gasteiger partial charge on any atom is 0.105 e. The molecule has 0 aliphatic heterocycles. The number of unbranched alkanes of at least 4 members (excludes halogenated alkanes) is 1. The van der Waals surface area contributed by atoms with Crippen LogP contribution in [0, 0.1) is 0 Å². The van der Waals surface area contributed by atoms with E-state index in [9.17, 15) is 0 Å². The molecule has 0 amide bonds. The maximum atomic E-state index is 9.08. The predicted octanol–water partition coefficient (Wildman–Crippen LogP) is -0.483. The highest BCUT2D eigenvalue weighted by Gasteiger charge is 2.14. The number of hydrogen-bond acceptors (Lipinski definition) is 4. The van der Waals surface area contributed by atoms with Crippen molar-refractivity contribution in [2.45, 2.75) is 32.0 Å². The van der Waals surface area contributed by atoms with Crippen molar-refractivity contribution in [3.63, 3.8) is 0 Å². The number of aliphatic hydroxyl groups is 3. The minimum Gasteiger partial charge on any atom is -0.394 e. The summed E-state index contributed by atoms with van der Waals surface area (Å²) in [7, 11) is 0. The minimum atomic E-state index is -1.09. The summed E-state index contributed by atoms with van der Waals surface area (Å²) in [6.45, 7) is 2.29. The third-order valence-electron chi connectivity index (χ3n) is 1.56. The van der Waals surface area contributed by atoms with Crippen LogP contribution in [0.1, 0.15) is 19.8 Å². The van der Waals surface area contributed by atoms with Crippen molar-refractivity contribution >= 4 is 0 Å². The second kappa shape index (κ2) is 7.49. The van der Waals surface area contributed by atoms with Crippen molar-refractivity contribution in [2.75, 3.05) is 19.8 Å². The van der Waals surface area contributed by atoms with E-state index in [0.717, 1.165) is 12.8 Å². The Bertz CT molecular complexity index is 97.1. The number of rotatable bonds is 7. The molecule has 4 heteroatoms. The van der Waals surface area contributed by atoms with Gasteiger partial charge in [0.2, 0.25) is 0 Å². The van der Waals surface area contributed by atoms with Crippen LogP contribution in [-0.2, 0) is 4.74 Å². The first-order chi connectivity index (χ1) is 5.72. The van der Waals surface area contributed by atoms with E-state index in [2.05, 4.69) is 0 Å². The highest BCUT2D eigenvalue weighted by atomic mass is 16.5. The van der Waals surface area contributed by atoms with Crippen molar-refractivity contribution in [2.24, 2.45) is 0 Å². The van der Waals surface area contributed by atoms with E-state index in [-0.39, 0.29) is 6.61 Å². The molecule has 0 spiro atoms. The van der Waals surface area contributed by atoms with Crippen LogP contribution in [0.15, 0.2) is 0 Å². The van der Waals surface area contributed by atoms with Crippen LogP contribution in [0.5, 0.6) is 0 Å². The standard InChI is InChI=1S/C8H18O4/c1-2-3-4-12-6-8(11)7(10)5-9/h7-11H,2-6H2,1H3/t7-,8+/m1/s1. The van der Waals surface area contributed by atoms with Crippen molar-refractivity contribution in [3.8, 4) is 0 Å². The van der Waals surface area contributed by atoms with Crippen LogP contribution in [0.3, 0.4) is 0 Å². The molecule has 0 aromatic rings. The lowest BCUT2D eigenvalue weighted by atomic mass is 10.2. The molecule has 0 unspecified atom stereocenters.